The number of nitrogens with zero attached hydrogens (tertiary/aromatic N) is 1. The molecule has 0 bridgehead atoms. The maximum absolute atomic E-state index is 14.2. The van der Waals surface area contributed by atoms with Crippen LogP contribution in [0.1, 0.15) is 10.6 Å². The van der Waals surface area contributed by atoms with Crippen molar-refractivity contribution < 1.29 is 18.7 Å². The van der Waals surface area contributed by atoms with Crippen molar-refractivity contribution in [3.8, 4) is 11.1 Å². The molecule has 2 N–H and O–H groups in total. The standard InChI is InChI=1S/C17H15FN2O3S2/c1-10-14(5-8-23-10)25-16-13(12-3-2-6-19-15(12)18)9-11(24-16)4-7-20-17(21)22/h2-3,5-6,8-9,20H,4,7H2,1H3,(H,21,22). The van der Waals surface area contributed by atoms with Crippen LogP contribution in [-0.4, -0.2) is 22.7 Å². The maximum atomic E-state index is 14.2. The molecule has 0 spiro atoms. The number of aryl methyl sites for hydroxylation is 1. The molecule has 0 aromatic carbocycles. The number of thiophene rings is 1. The van der Waals surface area contributed by atoms with Gasteiger partial charge in [-0.15, -0.1) is 11.3 Å². The highest BCUT2D eigenvalue weighted by Crippen LogP contribution is 2.43. The zero-order chi connectivity index (χ0) is 17.8. The lowest BCUT2D eigenvalue weighted by Crippen LogP contribution is -2.22. The first-order chi connectivity index (χ1) is 12.0. The van der Waals surface area contributed by atoms with Gasteiger partial charge >= 0.3 is 6.09 Å². The summed E-state index contributed by atoms with van der Waals surface area (Å²) in [5.41, 5.74) is 1.19. The van der Waals surface area contributed by atoms with Crippen LogP contribution in [0.4, 0.5) is 9.18 Å². The molecule has 0 atom stereocenters. The molecule has 0 aliphatic carbocycles. The first kappa shape index (κ1) is 17.5. The quantitative estimate of drug-likeness (QED) is 0.602. The van der Waals surface area contributed by atoms with E-state index in [0.717, 1.165) is 25.3 Å². The van der Waals surface area contributed by atoms with E-state index < -0.39 is 12.0 Å². The Balaban J connectivity index is 1.93. The van der Waals surface area contributed by atoms with Crippen molar-refractivity contribution in [2.24, 2.45) is 0 Å². The monoisotopic (exact) mass is 378 g/mol. The van der Waals surface area contributed by atoms with Crippen LogP contribution in [-0.2, 0) is 6.42 Å². The van der Waals surface area contributed by atoms with Gasteiger partial charge in [-0.3, -0.25) is 0 Å². The number of hydrogen-bond donors (Lipinski definition) is 2. The molecule has 1 amide bonds. The molecule has 0 unspecified atom stereocenters. The molecule has 3 aromatic heterocycles. The Bertz CT molecular complexity index is 892. The predicted octanol–water partition coefficient (Wildman–Crippen LogP) is 4.81. The van der Waals surface area contributed by atoms with Gasteiger partial charge in [0.1, 0.15) is 5.76 Å². The number of furan rings is 1. The van der Waals surface area contributed by atoms with Crippen molar-refractivity contribution in [3.05, 3.63) is 53.3 Å². The van der Waals surface area contributed by atoms with E-state index in [1.54, 1.807) is 18.4 Å². The van der Waals surface area contributed by atoms with Gasteiger partial charge in [-0.25, -0.2) is 9.78 Å². The number of halogens is 1. The summed E-state index contributed by atoms with van der Waals surface area (Å²) in [7, 11) is 0. The third kappa shape index (κ3) is 4.21. The SMILES string of the molecule is Cc1occc1Sc1sc(CCNC(=O)O)cc1-c1cccnc1F. The number of aromatic nitrogens is 1. The second-order valence-corrected chi connectivity index (χ2v) is 7.63. The van der Waals surface area contributed by atoms with E-state index in [1.165, 1.54) is 29.3 Å². The largest absolute Gasteiger partial charge is 0.468 e. The van der Waals surface area contributed by atoms with Gasteiger partial charge in [0.15, 0.2) is 0 Å². The summed E-state index contributed by atoms with van der Waals surface area (Å²) in [6.07, 6.45) is 2.51. The van der Waals surface area contributed by atoms with Crippen molar-refractivity contribution >= 4 is 29.2 Å². The molecule has 0 aliphatic rings. The van der Waals surface area contributed by atoms with Crippen LogP contribution < -0.4 is 5.32 Å². The summed E-state index contributed by atoms with van der Waals surface area (Å²) in [5.74, 6) is 0.270. The van der Waals surface area contributed by atoms with Gasteiger partial charge in [0.2, 0.25) is 5.95 Å². The summed E-state index contributed by atoms with van der Waals surface area (Å²) >= 11 is 3.02. The number of hydrogen-bond acceptors (Lipinski definition) is 5. The molecular weight excluding hydrogens is 363 g/mol. The molecular formula is C17H15FN2O3S2. The van der Waals surface area contributed by atoms with Gasteiger partial charge < -0.3 is 14.8 Å². The zero-order valence-corrected chi connectivity index (χ0v) is 14.9. The number of rotatable bonds is 6. The lowest BCUT2D eigenvalue weighted by atomic mass is 10.1. The van der Waals surface area contributed by atoms with E-state index in [1.807, 2.05) is 19.1 Å². The number of carboxylic acid groups (broad SMARTS) is 1. The van der Waals surface area contributed by atoms with Gasteiger partial charge in [0.05, 0.1) is 15.4 Å². The van der Waals surface area contributed by atoms with Crippen LogP contribution in [0.25, 0.3) is 11.1 Å². The van der Waals surface area contributed by atoms with Gasteiger partial charge in [-0.1, -0.05) is 11.8 Å². The number of amides is 1. The van der Waals surface area contributed by atoms with E-state index >= 15 is 0 Å². The topological polar surface area (TPSA) is 75.4 Å². The lowest BCUT2D eigenvalue weighted by molar-refractivity contribution is 0.194. The van der Waals surface area contributed by atoms with Crippen LogP contribution in [0.15, 0.2) is 50.2 Å². The van der Waals surface area contributed by atoms with E-state index in [9.17, 15) is 9.18 Å². The lowest BCUT2D eigenvalue weighted by Gasteiger charge is -2.03. The van der Waals surface area contributed by atoms with Gasteiger partial charge in [-0.05, 0) is 37.6 Å². The van der Waals surface area contributed by atoms with E-state index in [-0.39, 0.29) is 0 Å². The average Bonchev–Trinajstić information content (AvgIpc) is 3.15. The van der Waals surface area contributed by atoms with Crippen LogP contribution in [0.5, 0.6) is 0 Å². The summed E-state index contributed by atoms with van der Waals surface area (Å²) in [6, 6.07) is 7.15. The van der Waals surface area contributed by atoms with Crippen molar-refractivity contribution in [2.45, 2.75) is 22.4 Å². The van der Waals surface area contributed by atoms with Crippen molar-refractivity contribution in [2.75, 3.05) is 6.54 Å². The third-order valence-corrected chi connectivity index (χ3v) is 6.00. The van der Waals surface area contributed by atoms with E-state index in [4.69, 9.17) is 9.52 Å². The van der Waals surface area contributed by atoms with Gasteiger partial charge in [0.25, 0.3) is 0 Å². The smallest absolute Gasteiger partial charge is 0.404 e. The van der Waals surface area contributed by atoms with Crippen LogP contribution in [0, 0.1) is 12.9 Å². The van der Waals surface area contributed by atoms with Crippen molar-refractivity contribution in [1.82, 2.24) is 10.3 Å². The predicted molar refractivity (Wildman–Crippen MR) is 94.8 cm³/mol. The Kier molecular flexibility index (Phi) is 5.40. The van der Waals surface area contributed by atoms with E-state index in [2.05, 4.69) is 10.3 Å². The Morgan fingerprint density at radius 3 is 2.96 bits per heavy atom. The average molecular weight is 378 g/mol. The number of pyridine rings is 1. The highest BCUT2D eigenvalue weighted by molar-refractivity contribution is 8.01. The third-order valence-electron chi connectivity index (χ3n) is 3.46. The highest BCUT2D eigenvalue weighted by Gasteiger charge is 2.17. The summed E-state index contributed by atoms with van der Waals surface area (Å²) < 4.78 is 20.4. The molecule has 0 aliphatic heterocycles. The fraction of sp³-hybridized carbons (Fsp3) is 0.176. The van der Waals surface area contributed by atoms with Crippen LogP contribution in [0.3, 0.4) is 0 Å². The van der Waals surface area contributed by atoms with Crippen molar-refractivity contribution in [3.63, 3.8) is 0 Å². The van der Waals surface area contributed by atoms with Crippen molar-refractivity contribution in [1.29, 1.82) is 0 Å². The van der Waals surface area contributed by atoms with Crippen LogP contribution >= 0.6 is 23.1 Å². The molecule has 25 heavy (non-hydrogen) atoms. The number of carbonyl (C=O) groups is 1. The first-order valence-electron chi connectivity index (χ1n) is 7.47. The fourth-order valence-corrected chi connectivity index (χ4v) is 4.72. The Labute approximate surface area is 151 Å². The maximum Gasteiger partial charge on any atom is 0.404 e. The summed E-state index contributed by atoms with van der Waals surface area (Å²) in [6.45, 7) is 2.18. The zero-order valence-electron chi connectivity index (χ0n) is 13.3. The minimum Gasteiger partial charge on any atom is -0.468 e. The molecule has 8 heteroatoms. The molecule has 0 radical (unpaired) electrons. The minimum absolute atomic E-state index is 0.305. The Hall–Kier alpha value is -2.32. The summed E-state index contributed by atoms with van der Waals surface area (Å²) in [5, 5.41) is 11.0. The van der Waals surface area contributed by atoms with Gasteiger partial charge in [0, 0.05) is 28.7 Å². The second-order valence-electron chi connectivity index (χ2n) is 5.18. The molecule has 5 nitrogen and oxygen atoms in total. The molecule has 3 aromatic rings. The van der Waals surface area contributed by atoms with E-state index in [0.29, 0.717) is 18.5 Å². The second kappa shape index (κ2) is 7.71. The minimum atomic E-state index is -1.06. The Morgan fingerprint density at radius 1 is 1.44 bits per heavy atom. The first-order valence-corrected chi connectivity index (χ1v) is 9.10. The highest BCUT2D eigenvalue weighted by atomic mass is 32.2. The summed E-state index contributed by atoms with van der Waals surface area (Å²) in [4.78, 5) is 16.3. The normalized spacial score (nSPS) is 10.8. The molecule has 3 heterocycles. The molecule has 0 fully saturated rings. The molecule has 0 saturated heterocycles. The number of nitrogens with one attached hydrogen (secondary N) is 1. The Morgan fingerprint density at radius 2 is 2.28 bits per heavy atom. The van der Waals surface area contributed by atoms with Crippen LogP contribution in [0.2, 0.25) is 0 Å². The van der Waals surface area contributed by atoms with Gasteiger partial charge in [-0.2, -0.15) is 4.39 Å². The fourth-order valence-electron chi connectivity index (χ4n) is 2.27. The molecule has 130 valence electrons. The molecule has 0 saturated carbocycles. The molecule has 3 rings (SSSR count).